The first-order valence-electron chi connectivity index (χ1n) is 12.6. The molecule has 35 heavy (non-hydrogen) atoms. The Morgan fingerprint density at radius 1 is 0.971 bits per heavy atom. The number of methoxy groups -OCH3 is 1. The summed E-state index contributed by atoms with van der Waals surface area (Å²) in [6, 6.07) is 16.8. The van der Waals surface area contributed by atoms with Crippen LogP contribution in [0.2, 0.25) is 0 Å². The number of pyridine rings is 1. The summed E-state index contributed by atoms with van der Waals surface area (Å²) in [5.74, 6) is 1.41. The number of esters is 1. The third-order valence-corrected chi connectivity index (χ3v) is 8.50. The molecule has 0 spiro atoms. The van der Waals surface area contributed by atoms with Gasteiger partial charge in [0.25, 0.3) is 5.56 Å². The van der Waals surface area contributed by atoms with Crippen LogP contribution >= 0.6 is 0 Å². The molecule has 4 aliphatic carbocycles. The topological polar surface area (TPSA) is 77.4 Å². The molecule has 1 aromatic heterocycles. The molecule has 1 heterocycles. The molecule has 2 aromatic carbocycles. The standard InChI is InChI=1S/C29H30N2O4/c1-35-27(33)23-13-22-24(30-28(34)29-14-19-10-20(15-29)12-21(11-19)16-29)8-5-9-25(22)31(26(23)32)17-18-6-3-2-4-7-18/h2-9,13,19-21H,10-12,14-17H2,1H3,(H,30,34). The minimum absolute atomic E-state index is 0.0348. The Bertz CT molecular complexity index is 1340. The summed E-state index contributed by atoms with van der Waals surface area (Å²) in [4.78, 5) is 39.6. The number of carbonyl (C=O) groups excluding carboxylic acids is 2. The number of fused-ring (bicyclic) bond motifs is 1. The molecule has 0 atom stereocenters. The molecule has 6 heteroatoms. The van der Waals surface area contributed by atoms with Gasteiger partial charge >= 0.3 is 5.97 Å². The number of nitrogens with zero attached hydrogens (tertiary/aromatic N) is 1. The lowest BCUT2D eigenvalue weighted by Gasteiger charge is -2.55. The summed E-state index contributed by atoms with van der Waals surface area (Å²) in [6.07, 6.45) is 6.74. The lowest BCUT2D eigenvalue weighted by molar-refractivity contribution is -0.140. The van der Waals surface area contributed by atoms with E-state index in [1.165, 1.54) is 26.4 Å². The highest BCUT2D eigenvalue weighted by atomic mass is 16.5. The normalized spacial score (nSPS) is 26.6. The average molecular weight is 471 g/mol. The van der Waals surface area contributed by atoms with Gasteiger partial charge in [0.1, 0.15) is 5.56 Å². The van der Waals surface area contributed by atoms with E-state index in [2.05, 4.69) is 5.32 Å². The highest BCUT2D eigenvalue weighted by Crippen LogP contribution is 2.60. The summed E-state index contributed by atoms with van der Waals surface area (Å²) >= 11 is 0. The van der Waals surface area contributed by atoms with Gasteiger partial charge in [-0.3, -0.25) is 9.59 Å². The summed E-state index contributed by atoms with van der Waals surface area (Å²) in [6.45, 7) is 0.313. The molecule has 0 radical (unpaired) electrons. The van der Waals surface area contributed by atoms with E-state index in [9.17, 15) is 14.4 Å². The molecule has 3 aromatic rings. The number of anilines is 1. The van der Waals surface area contributed by atoms with Gasteiger partial charge in [0, 0.05) is 5.39 Å². The number of carbonyl (C=O) groups is 2. The van der Waals surface area contributed by atoms with Crippen molar-refractivity contribution in [3.05, 3.63) is 76.1 Å². The van der Waals surface area contributed by atoms with Crippen LogP contribution in [0.1, 0.15) is 54.4 Å². The summed E-state index contributed by atoms with van der Waals surface area (Å²) in [5, 5.41) is 3.90. The van der Waals surface area contributed by atoms with Crippen LogP contribution in [0, 0.1) is 23.2 Å². The molecule has 180 valence electrons. The van der Waals surface area contributed by atoms with Crippen LogP contribution in [0.3, 0.4) is 0 Å². The molecule has 0 unspecified atom stereocenters. The molecule has 4 bridgehead atoms. The van der Waals surface area contributed by atoms with Gasteiger partial charge in [-0.1, -0.05) is 36.4 Å². The molecule has 4 aliphatic rings. The summed E-state index contributed by atoms with van der Waals surface area (Å²) < 4.78 is 6.51. The Kier molecular flexibility index (Phi) is 5.28. The first kappa shape index (κ1) is 22.1. The average Bonchev–Trinajstić information content (AvgIpc) is 2.85. The zero-order valence-electron chi connectivity index (χ0n) is 20.0. The molecule has 1 amide bonds. The number of amides is 1. The molecule has 6 nitrogen and oxygen atoms in total. The van der Waals surface area contributed by atoms with Gasteiger partial charge in [0.05, 0.1) is 30.3 Å². The van der Waals surface area contributed by atoms with E-state index in [0.29, 0.717) is 40.9 Å². The Morgan fingerprint density at radius 3 is 2.26 bits per heavy atom. The lowest BCUT2D eigenvalue weighted by atomic mass is 9.49. The Hall–Kier alpha value is -3.41. The molecule has 1 N–H and O–H groups in total. The first-order chi connectivity index (χ1) is 17.0. The van der Waals surface area contributed by atoms with Crippen LogP contribution in [-0.4, -0.2) is 23.6 Å². The predicted molar refractivity (Wildman–Crippen MR) is 134 cm³/mol. The predicted octanol–water partition coefficient (Wildman–Crippen LogP) is 4.99. The zero-order chi connectivity index (χ0) is 24.2. The minimum Gasteiger partial charge on any atom is -0.465 e. The van der Waals surface area contributed by atoms with Gasteiger partial charge in [-0.2, -0.15) is 0 Å². The molecule has 0 aliphatic heterocycles. The molecule has 7 rings (SSSR count). The second kappa shape index (κ2) is 8.36. The highest BCUT2D eigenvalue weighted by Gasteiger charge is 2.54. The van der Waals surface area contributed by atoms with Crippen LogP contribution in [0.15, 0.2) is 59.4 Å². The van der Waals surface area contributed by atoms with Crippen LogP contribution in [0.25, 0.3) is 10.9 Å². The minimum atomic E-state index is -0.680. The van der Waals surface area contributed by atoms with Gasteiger partial charge in [-0.15, -0.1) is 0 Å². The van der Waals surface area contributed by atoms with E-state index < -0.39 is 11.5 Å². The van der Waals surface area contributed by atoms with Crippen molar-refractivity contribution < 1.29 is 14.3 Å². The quantitative estimate of drug-likeness (QED) is 0.533. The third-order valence-electron chi connectivity index (χ3n) is 8.50. The van der Waals surface area contributed by atoms with Crippen molar-refractivity contribution in [3.8, 4) is 0 Å². The third kappa shape index (κ3) is 3.76. The monoisotopic (exact) mass is 470 g/mol. The van der Waals surface area contributed by atoms with Gasteiger partial charge < -0.3 is 14.6 Å². The van der Waals surface area contributed by atoms with Crippen LogP contribution in [0.5, 0.6) is 0 Å². The first-order valence-corrected chi connectivity index (χ1v) is 12.6. The number of hydrogen-bond acceptors (Lipinski definition) is 4. The van der Waals surface area contributed by atoms with E-state index in [-0.39, 0.29) is 16.9 Å². The maximum Gasteiger partial charge on any atom is 0.343 e. The van der Waals surface area contributed by atoms with E-state index in [0.717, 1.165) is 24.8 Å². The number of hydrogen-bond donors (Lipinski definition) is 1. The smallest absolute Gasteiger partial charge is 0.343 e. The molecule has 4 saturated carbocycles. The van der Waals surface area contributed by atoms with E-state index >= 15 is 0 Å². The van der Waals surface area contributed by atoms with Crippen molar-refractivity contribution in [1.29, 1.82) is 0 Å². The maximum atomic E-state index is 13.8. The number of nitrogens with one attached hydrogen (secondary N) is 1. The number of benzene rings is 2. The van der Waals surface area contributed by atoms with Crippen LogP contribution in [0.4, 0.5) is 5.69 Å². The van der Waals surface area contributed by atoms with Crippen LogP contribution < -0.4 is 10.9 Å². The molecule has 4 fully saturated rings. The number of rotatable bonds is 5. The summed E-state index contributed by atoms with van der Waals surface area (Å²) in [7, 11) is 1.27. The Balaban J connectivity index is 1.42. The van der Waals surface area contributed by atoms with Gasteiger partial charge in [-0.25, -0.2) is 4.79 Å². The SMILES string of the molecule is COC(=O)c1cc2c(NC(=O)C34CC5CC(CC(C5)C3)C4)cccc2n(Cc2ccccc2)c1=O. The van der Waals surface area contributed by atoms with Gasteiger partial charge in [0.15, 0.2) is 0 Å². The fourth-order valence-corrected chi connectivity index (χ4v) is 7.33. The lowest BCUT2D eigenvalue weighted by Crippen LogP contribution is -2.51. The van der Waals surface area contributed by atoms with Crippen molar-refractivity contribution in [2.75, 3.05) is 12.4 Å². The largest absolute Gasteiger partial charge is 0.465 e. The van der Waals surface area contributed by atoms with E-state index in [4.69, 9.17) is 4.74 Å². The second-order valence-electron chi connectivity index (χ2n) is 10.8. The van der Waals surface area contributed by atoms with Crippen molar-refractivity contribution in [2.45, 2.75) is 45.1 Å². The fourth-order valence-electron chi connectivity index (χ4n) is 7.33. The second-order valence-corrected chi connectivity index (χ2v) is 10.8. The van der Waals surface area contributed by atoms with Gasteiger partial charge in [0.2, 0.25) is 5.91 Å². The molecule has 0 saturated heterocycles. The molecular weight excluding hydrogens is 440 g/mol. The Labute approximate surface area is 204 Å². The van der Waals surface area contributed by atoms with Crippen molar-refractivity contribution >= 4 is 28.5 Å². The maximum absolute atomic E-state index is 13.8. The molecular formula is C29H30N2O4. The fraction of sp³-hybridized carbons (Fsp3) is 0.414. The Morgan fingerprint density at radius 2 is 1.63 bits per heavy atom. The highest BCUT2D eigenvalue weighted by molar-refractivity contribution is 6.05. The van der Waals surface area contributed by atoms with Gasteiger partial charge in [-0.05, 0) is 80.0 Å². The van der Waals surface area contributed by atoms with Crippen LogP contribution in [-0.2, 0) is 16.1 Å². The number of aromatic nitrogens is 1. The van der Waals surface area contributed by atoms with Crippen molar-refractivity contribution in [2.24, 2.45) is 23.2 Å². The number of ether oxygens (including phenoxy) is 1. The van der Waals surface area contributed by atoms with Crippen molar-refractivity contribution in [3.63, 3.8) is 0 Å². The van der Waals surface area contributed by atoms with Crippen molar-refractivity contribution in [1.82, 2.24) is 4.57 Å². The van der Waals surface area contributed by atoms with E-state index in [1.807, 2.05) is 48.5 Å². The zero-order valence-corrected chi connectivity index (χ0v) is 20.0. The van der Waals surface area contributed by atoms with E-state index in [1.54, 1.807) is 10.6 Å². The summed E-state index contributed by atoms with van der Waals surface area (Å²) in [5.41, 5.74) is 1.52.